The van der Waals surface area contributed by atoms with Gasteiger partial charge in [0.15, 0.2) is 0 Å². The number of hydrogen-bond donors (Lipinski definition) is 2. The molecule has 1 aromatic carbocycles. The molecule has 0 bridgehead atoms. The highest BCUT2D eigenvalue weighted by Gasteiger charge is 2.07. The van der Waals surface area contributed by atoms with Gasteiger partial charge in [-0.3, -0.25) is 0 Å². The Balaban J connectivity index is 2.63. The van der Waals surface area contributed by atoms with Gasteiger partial charge in [-0.1, -0.05) is 18.2 Å². The Hall–Kier alpha value is -1.06. The van der Waals surface area contributed by atoms with Gasteiger partial charge in [-0.15, -0.1) is 0 Å². The molecule has 0 amide bonds. The first-order valence-corrected chi connectivity index (χ1v) is 5.67. The fourth-order valence-electron chi connectivity index (χ4n) is 1.49. The largest absolute Gasteiger partial charge is 0.491 e. The first-order chi connectivity index (χ1) is 7.63. The number of aryl methyl sites for hydroxylation is 1. The second kappa shape index (κ2) is 6.51. The van der Waals surface area contributed by atoms with E-state index in [2.05, 4.69) is 0 Å². The van der Waals surface area contributed by atoms with E-state index in [1.807, 2.05) is 38.1 Å². The Morgan fingerprint density at radius 1 is 1.25 bits per heavy atom. The van der Waals surface area contributed by atoms with Crippen LogP contribution >= 0.6 is 0 Å². The van der Waals surface area contributed by atoms with Crippen LogP contribution in [0.4, 0.5) is 0 Å². The number of benzene rings is 1. The predicted octanol–water partition coefficient (Wildman–Crippen LogP) is 1.76. The third-order valence-corrected chi connectivity index (χ3v) is 2.29. The topological polar surface area (TPSA) is 49.7 Å². The van der Waals surface area contributed by atoms with Gasteiger partial charge in [0.05, 0.1) is 18.8 Å². The molecule has 3 nitrogen and oxygen atoms in total. The fourth-order valence-corrected chi connectivity index (χ4v) is 1.49. The van der Waals surface area contributed by atoms with Gasteiger partial charge in [-0.2, -0.15) is 0 Å². The normalized spacial score (nSPS) is 12.8. The minimum Gasteiger partial charge on any atom is -0.491 e. The van der Waals surface area contributed by atoms with Crippen LogP contribution in [0, 0.1) is 0 Å². The van der Waals surface area contributed by atoms with Crippen molar-refractivity contribution in [1.82, 2.24) is 0 Å². The summed E-state index contributed by atoms with van der Waals surface area (Å²) in [4.78, 5) is 0. The molecule has 16 heavy (non-hydrogen) atoms. The van der Waals surface area contributed by atoms with Gasteiger partial charge < -0.3 is 14.9 Å². The van der Waals surface area contributed by atoms with Crippen molar-refractivity contribution in [2.75, 3.05) is 6.61 Å². The summed E-state index contributed by atoms with van der Waals surface area (Å²) in [7, 11) is 0. The van der Waals surface area contributed by atoms with Crippen LogP contribution in [0.5, 0.6) is 5.75 Å². The van der Waals surface area contributed by atoms with Crippen molar-refractivity contribution in [1.29, 1.82) is 0 Å². The second-order valence-electron chi connectivity index (χ2n) is 4.15. The monoisotopic (exact) mass is 224 g/mol. The number of aliphatic hydroxyl groups is 2. The maximum Gasteiger partial charge on any atom is 0.122 e. The van der Waals surface area contributed by atoms with Crippen LogP contribution in [0.15, 0.2) is 24.3 Å². The van der Waals surface area contributed by atoms with Gasteiger partial charge in [0.1, 0.15) is 5.75 Å². The van der Waals surface area contributed by atoms with Crippen LogP contribution in [0.2, 0.25) is 0 Å². The molecule has 0 saturated heterocycles. The SMILES string of the molecule is CC(C)Oc1ccccc1CCC(O)CO. The molecule has 0 fully saturated rings. The lowest BCUT2D eigenvalue weighted by atomic mass is 10.1. The maximum absolute atomic E-state index is 9.30. The molecular formula is C13H20O3. The Bertz CT molecular complexity index is 310. The minimum atomic E-state index is -0.646. The van der Waals surface area contributed by atoms with Crippen molar-refractivity contribution < 1.29 is 14.9 Å². The van der Waals surface area contributed by atoms with Gasteiger partial charge in [-0.05, 0) is 38.3 Å². The number of hydrogen-bond acceptors (Lipinski definition) is 3. The molecule has 0 spiro atoms. The van der Waals surface area contributed by atoms with E-state index in [9.17, 15) is 5.11 Å². The average Bonchev–Trinajstić information content (AvgIpc) is 2.26. The molecule has 2 N–H and O–H groups in total. The average molecular weight is 224 g/mol. The van der Waals surface area contributed by atoms with Gasteiger partial charge in [0, 0.05) is 0 Å². The summed E-state index contributed by atoms with van der Waals surface area (Å²) in [6.07, 6.45) is 0.760. The molecule has 1 unspecified atom stereocenters. The van der Waals surface area contributed by atoms with Crippen LogP contribution in [0.1, 0.15) is 25.8 Å². The number of ether oxygens (including phenoxy) is 1. The van der Waals surface area contributed by atoms with Gasteiger partial charge in [-0.25, -0.2) is 0 Å². The summed E-state index contributed by atoms with van der Waals surface area (Å²) >= 11 is 0. The van der Waals surface area contributed by atoms with E-state index >= 15 is 0 Å². The van der Waals surface area contributed by atoms with E-state index in [1.165, 1.54) is 0 Å². The Morgan fingerprint density at radius 2 is 1.94 bits per heavy atom. The molecule has 0 aliphatic rings. The summed E-state index contributed by atoms with van der Waals surface area (Å²) < 4.78 is 5.67. The van der Waals surface area contributed by atoms with Crippen LogP contribution in [0.25, 0.3) is 0 Å². The molecule has 3 heteroatoms. The van der Waals surface area contributed by atoms with Crippen LogP contribution in [-0.4, -0.2) is 29.0 Å². The number of aliphatic hydroxyl groups excluding tert-OH is 2. The first kappa shape index (κ1) is 13.0. The van der Waals surface area contributed by atoms with Gasteiger partial charge in [0.25, 0.3) is 0 Å². The fraction of sp³-hybridized carbons (Fsp3) is 0.538. The maximum atomic E-state index is 9.30. The summed E-state index contributed by atoms with van der Waals surface area (Å²) in [6, 6.07) is 7.81. The molecule has 1 rings (SSSR count). The van der Waals surface area contributed by atoms with Crippen molar-refractivity contribution in [3.63, 3.8) is 0 Å². The Morgan fingerprint density at radius 3 is 2.56 bits per heavy atom. The van der Waals surface area contributed by atoms with E-state index in [0.717, 1.165) is 11.3 Å². The molecule has 0 radical (unpaired) electrons. The van der Waals surface area contributed by atoms with Crippen molar-refractivity contribution in [3.05, 3.63) is 29.8 Å². The van der Waals surface area contributed by atoms with Crippen molar-refractivity contribution in [2.45, 2.75) is 38.9 Å². The molecule has 0 heterocycles. The molecule has 1 aromatic rings. The van der Waals surface area contributed by atoms with Crippen molar-refractivity contribution >= 4 is 0 Å². The zero-order valence-corrected chi connectivity index (χ0v) is 9.89. The van der Waals surface area contributed by atoms with Crippen molar-refractivity contribution in [2.24, 2.45) is 0 Å². The highest BCUT2D eigenvalue weighted by atomic mass is 16.5. The standard InChI is InChI=1S/C13H20O3/c1-10(2)16-13-6-4-3-5-11(13)7-8-12(15)9-14/h3-6,10,12,14-15H,7-9H2,1-2H3. The van der Waals surface area contributed by atoms with E-state index in [1.54, 1.807) is 0 Å². The Kier molecular flexibility index (Phi) is 5.29. The molecule has 90 valence electrons. The summed E-state index contributed by atoms with van der Waals surface area (Å²) in [5, 5.41) is 18.0. The number of para-hydroxylation sites is 1. The quantitative estimate of drug-likeness (QED) is 0.774. The number of rotatable bonds is 6. The van der Waals surface area contributed by atoms with E-state index in [0.29, 0.717) is 12.8 Å². The van der Waals surface area contributed by atoms with Gasteiger partial charge in [0.2, 0.25) is 0 Å². The lowest BCUT2D eigenvalue weighted by Crippen LogP contribution is -2.13. The lowest BCUT2D eigenvalue weighted by molar-refractivity contribution is 0.0883. The second-order valence-corrected chi connectivity index (χ2v) is 4.15. The van der Waals surface area contributed by atoms with Crippen molar-refractivity contribution in [3.8, 4) is 5.75 Å². The Labute approximate surface area is 96.7 Å². The van der Waals surface area contributed by atoms with Crippen LogP contribution in [-0.2, 0) is 6.42 Å². The summed E-state index contributed by atoms with van der Waals surface area (Å²) in [5.74, 6) is 0.864. The third-order valence-electron chi connectivity index (χ3n) is 2.29. The molecule has 1 atom stereocenters. The molecule has 0 saturated carbocycles. The van der Waals surface area contributed by atoms with E-state index in [4.69, 9.17) is 9.84 Å². The third kappa shape index (κ3) is 4.21. The summed E-state index contributed by atoms with van der Waals surface area (Å²) in [6.45, 7) is 3.78. The van der Waals surface area contributed by atoms with Gasteiger partial charge >= 0.3 is 0 Å². The molecule has 0 aromatic heterocycles. The van der Waals surface area contributed by atoms with E-state index in [-0.39, 0.29) is 12.7 Å². The zero-order chi connectivity index (χ0) is 12.0. The smallest absolute Gasteiger partial charge is 0.122 e. The first-order valence-electron chi connectivity index (χ1n) is 5.67. The highest BCUT2D eigenvalue weighted by Crippen LogP contribution is 2.21. The molecular weight excluding hydrogens is 204 g/mol. The highest BCUT2D eigenvalue weighted by molar-refractivity contribution is 5.33. The predicted molar refractivity (Wildman–Crippen MR) is 63.6 cm³/mol. The zero-order valence-electron chi connectivity index (χ0n) is 9.89. The van der Waals surface area contributed by atoms with E-state index < -0.39 is 6.10 Å². The summed E-state index contributed by atoms with van der Waals surface area (Å²) in [5.41, 5.74) is 1.07. The molecule has 0 aliphatic carbocycles. The van der Waals surface area contributed by atoms with Crippen LogP contribution < -0.4 is 4.74 Å². The van der Waals surface area contributed by atoms with Crippen LogP contribution in [0.3, 0.4) is 0 Å². The lowest BCUT2D eigenvalue weighted by Gasteiger charge is -2.14. The molecule has 0 aliphatic heterocycles. The minimum absolute atomic E-state index is 0.143.